The van der Waals surface area contributed by atoms with Gasteiger partial charge in [-0.3, -0.25) is 9.59 Å². The molecule has 1 aromatic carbocycles. The number of amides is 2. The standard InChI is InChI=1S/C20H29N3O2/c1-13-7-6-10-16(14(13)2)22-19(24)12-23(3)20(25)18-11-15-8-4-5-9-17(15)21-18/h6-7,10,15,17-18,21H,4-5,8-9,11-12H2,1-3H3,(H,22,24). The summed E-state index contributed by atoms with van der Waals surface area (Å²) >= 11 is 0. The molecule has 1 saturated heterocycles. The van der Waals surface area contributed by atoms with Crippen molar-refractivity contribution in [2.75, 3.05) is 18.9 Å². The Kier molecular flexibility index (Phi) is 5.42. The number of fused-ring (bicyclic) bond motifs is 1. The number of rotatable bonds is 4. The Morgan fingerprint density at radius 3 is 2.76 bits per heavy atom. The number of hydrogen-bond acceptors (Lipinski definition) is 3. The van der Waals surface area contributed by atoms with Gasteiger partial charge in [-0.05, 0) is 56.2 Å². The lowest BCUT2D eigenvalue weighted by molar-refractivity contribution is -0.134. The highest BCUT2D eigenvalue weighted by Crippen LogP contribution is 2.33. The van der Waals surface area contributed by atoms with Crippen LogP contribution < -0.4 is 10.6 Å². The minimum Gasteiger partial charge on any atom is -0.335 e. The van der Waals surface area contributed by atoms with Gasteiger partial charge in [-0.15, -0.1) is 0 Å². The van der Waals surface area contributed by atoms with Crippen LogP contribution in [0.25, 0.3) is 0 Å². The molecule has 5 heteroatoms. The maximum atomic E-state index is 12.7. The second-order valence-electron chi connectivity index (χ2n) is 7.60. The molecule has 1 aliphatic heterocycles. The van der Waals surface area contributed by atoms with Crippen molar-refractivity contribution in [1.82, 2.24) is 10.2 Å². The fourth-order valence-corrected chi connectivity index (χ4v) is 4.15. The highest BCUT2D eigenvalue weighted by Gasteiger charge is 2.39. The first-order chi connectivity index (χ1) is 12.0. The van der Waals surface area contributed by atoms with E-state index >= 15 is 0 Å². The summed E-state index contributed by atoms with van der Waals surface area (Å²) in [4.78, 5) is 26.6. The predicted molar refractivity (Wildman–Crippen MR) is 99.5 cm³/mol. The van der Waals surface area contributed by atoms with Crippen LogP contribution in [-0.4, -0.2) is 42.4 Å². The first kappa shape index (κ1) is 17.9. The predicted octanol–water partition coefficient (Wildman–Crippen LogP) is 2.62. The van der Waals surface area contributed by atoms with Crippen LogP contribution in [0.4, 0.5) is 5.69 Å². The Bertz CT molecular complexity index is 644. The van der Waals surface area contributed by atoms with Crippen LogP contribution in [0.2, 0.25) is 0 Å². The summed E-state index contributed by atoms with van der Waals surface area (Å²) in [5.74, 6) is 0.505. The topological polar surface area (TPSA) is 61.4 Å². The lowest BCUT2D eigenvalue weighted by atomic mass is 9.85. The van der Waals surface area contributed by atoms with E-state index in [2.05, 4.69) is 10.6 Å². The van der Waals surface area contributed by atoms with Gasteiger partial charge >= 0.3 is 0 Å². The third-order valence-corrected chi connectivity index (χ3v) is 5.80. The Hall–Kier alpha value is -1.88. The highest BCUT2D eigenvalue weighted by atomic mass is 16.2. The molecule has 2 amide bonds. The smallest absolute Gasteiger partial charge is 0.243 e. The van der Waals surface area contributed by atoms with Crippen molar-refractivity contribution in [3.8, 4) is 0 Å². The van der Waals surface area contributed by atoms with Crippen LogP contribution in [0.3, 0.4) is 0 Å². The molecule has 136 valence electrons. The molecule has 2 aliphatic rings. The SMILES string of the molecule is Cc1cccc(NC(=O)CN(C)C(=O)C2CC3CCCCC3N2)c1C. The zero-order chi connectivity index (χ0) is 18.0. The Labute approximate surface area is 150 Å². The molecule has 0 bridgehead atoms. The summed E-state index contributed by atoms with van der Waals surface area (Å²) in [6, 6.07) is 6.19. The number of likely N-dealkylation sites (N-methyl/N-ethyl adjacent to an activating group) is 1. The third-order valence-electron chi connectivity index (χ3n) is 5.80. The van der Waals surface area contributed by atoms with Crippen molar-refractivity contribution < 1.29 is 9.59 Å². The van der Waals surface area contributed by atoms with Gasteiger partial charge in [0, 0.05) is 18.8 Å². The van der Waals surface area contributed by atoms with Crippen molar-refractivity contribution in [3.05, 3.63) is 29.3 Å². The number of nitrogens with zero attached hydrogens (tertiary/aromatic N) is 1. The van der Waals surface area contributed by atoms with E-state index in [1.165, 1.54) is 25.7 Å². The number of benzene rings is 1. The van der Waals surface area contributed by atoms with Crippen LogP contribution >= 0.6 is 0 Å². The fourth-order valence-electron chi connectivity index (χ4n) is 4.15. The summed E-state index contributed by atoms with van der Waals surface area (Å²) in [7, 11) is 1.72. The summed E-state index contributed by atoms with van der Waals surface area (Å²) in [5, 5.41) is 6.41. The van der Waals surface area contributed by atoms with Crippen LogP contribution in [0.15, 0.2) is 18.2 Å². The lowest BCUT2D eigenvalue weighted by Crippen LogP contribution is -2.46. The van der Waals surface area contributed by atoms with Crippen molar-refractivity contribution in [3.63, 3.8) is 0 Å². The van der Waals surface area contributed by atoms with Crippen LogP contribution in [0.5, 0.6) is 0 Å². The maximum Gasteiger partial charge on any atom is 0.243 e. The van der Waals surface area contributed by atoms with Gasteiger partial charge in [0.25, 0.3) is 0 Å². The summed E-state index contributed by atoms with van der Waals surface area (Å²) in [6.45, 7) is 4.09. The van der Waals surface area contributed by atoms with E-state index in [9.17, 15) is 9.59 Å². The van der Waals surface area contributed by atoms with Crippen LogP contribution in [0, 0.1) is 19.8 Å². The molecule has 0 spiro atoms. The van der Waals surface area contributed by atoms with Gasteiger partial charge in [-0.1, -0.05) is 25.0 Å². The second-order valence-corrected chi connectivity index (χ2v) is 7.60. The van der Waals surface area contributed by atoms with Gasteiger partial charge in [-0.25, -0.2) is 0 Å². The lowest BCUT2D eigenvalue weighted by Gasteiger charge is -2.24. The molecule has 25 heavy (non-hydrogen) atoms. The van der Waals surface area contributed by atoms with Crippen LogP contribution in [-0.2, 0) is 9.59 Å². The molecule has 1 aromatic rings. The normalized spacial score (nSPS) is 25.3. The van der Waals surface area contributed by atoms with E-state index in [0.717, 1.165) is 23.2 Å². The quantitative estimate of drug-likeness (QED) is 0.883. The van der Waals surface area contributed by atoms with Crippen molar-refractivity contribution in [2.45, 2.75) is 58.0 Å². The van der Waals surface area contributed by atoms with E-state index < -0.39 is 0 Å². The number of aryl methyl sites for hydroxylation is 1. The molecule has 2 N–H and O–H groups in total. The van der Waals surface area contributed by atoms with Crippen molar-refractivity contribution >= 4 is 17.5 Å². The fraction of sp³-hybridized carbons (Fsp3) is 0.600. The molecular weight excluding hydrogens is 314 g/mol. The number of carbonyl (C=O) groups is 2. The third kappa shape index (κ3) is 4.03. The van der Waals surface area contributed by atoms with Gasteiger partial charge in [0.1, 0.15) is 0 Å². The minimum atomic E-state index is -0.153. The van der Waals surface area contributed by atoms with Gasteiger partial charge in [0.2, 0.25) is 11.8 Å². The van der Waals surface area contributed by atoms with E-state index in [1.807, 2.05) is 32.0 Å². The van der Waals surface area contributed by atoms with Gasteiger partial charge < -0.3 is 15.5 Å². The zero-order valence-electron chi connectivity index (χ0n) is 15.5. The van der Waals surface area contributed by atoms with Gasteiger partial charge in [-0.2, -0.15) is 0 Å². The second kappa shape index (κ2) is 7.56. The largest absolute Gasteiger partial charge is 0.335 e. The molecule has 5 nitrogen and oxygen atoms in total. The summed E-state index contributed by atoms with van der Waals surface area (Å²) in [6.07, 6.45) is 5.83. The zero-order valence-corrected chi connectivity index (χ0v) is 15.5. The van der Waals surface area contributed by atoms with E-state index in [4.69, 9.17) is 0 Å². The van der Waals surface area contributed by atoms with Crippen molar-refractivity contribution in [2.24, 2.45) is 5.92 Å². The van der Waals surface area contributed by atoms with E-state index in [-0.39, 0.29) is 24.4 Å². The maximum absolute atomic E-state index is 12.7. The molecule has 2 fully saturated rings. The average Bonchev–Trinajstić information content (AvgIpc) is 3.02. The monoisotopic (exact) mass is 343 g/mol. The molecule has 1 heterocycles. The summed E-state index contributed by atoms with van der Waals surface area (Å²) < 4.78 is 0. The molecule has 0 radical (unpaired) electrons. The van der Waals surface area contributed by atoms with Gasteiger partial charge in [0.15, 0.2) is 0 Å². The Morgan fingerprint density at radius 2 is 2.00 bits per heavy atom. The van der Waals surface area contributed by atoms with Crippen molar-refractivity contribution in [1.29, 1.82) is 0 Å². The van der Waals surface area contributed by atoms with E-state index in [0.29, 0.717) is 12.0 Å². The average molecular weight is 343 g/mol. The molecule has 3 rings (SSSR count). The summed E-state index contributed by atoms with van der Waals surface area (Å²) in [5.41, 5.74) is 3.02. The minimum absolute atomic E-state index is 0.0329. The molecule has 1 aliphatic carbocycles. The number of carbonyl (C=O) groups excluding carboxylic acids is 2. The first-order valence-electron chi connectivity index (χ1n) is 9.33. The molecule has 1 saturated carbocycles. The van der Waals surface area contributed by atoms with Crippen LogP contribution in [0.1, 0.15) is 43.2 Å². The number of anilines is 1. The molecular formula is C20H29N3O2. The number of hydrogen-bond donors (Lipinski definition) is 2. The molecule has 3 atom stereocenters. The Morgan fingerprint density at radius 1 is 1.24 bits per heavy atom. The van der Waals surface area contributed by atoms with E-state index in [1.54, 1.807) is 11.9 Å². The number of nitrogens with one attached hydrogen (secondary N) is 2. The van der Waals surface area contributed by atoms with Gasteiger partial charge in [0.05, 0.1) is 12.6 Å². The highest BCUT2D eigenvalue weighted by molar-refractivity contribution is 5.95. The molecule has 0 aromatic heterocycles. The molecule has 3 unspecified atom stereocenters. The first-order valence-corrected chi connectivity index (χ1v) is 9.33. The Balaban J connectivity index is 1.54.